The van der Waals surface area contributed by atoms with Gasteiger partial charge in [0, 0.05) is 87.6 Å². The predicted octanol–water partition coefficient (Wildman–Crippen LogP) is 41.5. The van der Waals surface area contributed by atoms with E-state index in [1.165, 1.54) is 196 Å². The number of benzene rings is 28. The minimum atomic E-state index is 0.919. The maximum Gasteiger partial charge on any atom is 0.143 e. The Morgan fingerprint density at radius 3 is 0.669 bits per heavy atom. The van der Waals surface area contributed by atoms with E-state index < -0.39 is 0 Å². The molecule has 0 aliphatic carbocycles. The van der Waals surface area contributed by atoms with Gasteiger partial charge in [-0.15, -0.1) is 0 Å². The number of hydrogen-bond donors (Lipinski definition) is 0. The van der Waals surface area contributed by atoms with E-state index in [4.69, 9.17) is 17.7 Å². The highest BCUT2D eigenvalue weighted by molar-refractivity contribution is 6.32. The van der Waals surface area contributed by atoms with Crippen LogP contribution in [0.3, 0.4) is 0 Å². The Kier molecular flexibility index (Phi) is 20.3. The smallest absolute Gasteiger partial charge is 0.143 e. The highest BCUT2D eigenvalue weighted by Crippen LogP contribution is 2.55. The molecule has 0 spiro atoms. The highest BCUT2D eigenvalue weighted by atomic mass is 16.3. The van der Waals surface area contributed by atoms with Crippen molar-refractivity contribution in [3.8, 4) is 89.0 Å². The van der Waals surface area contributed by atoms with Crippen molar-refractivity contribution >= 4 is 217 Å². The van der Waals surface area contributed by atoms with Crippen LogP contribution in [0.25, 0.3) is 306 Å². The molecule has 0 saturated heterocycles. The molecular weight excluding hydrogens is 1790 g/mol. The van der Waals surface area contributed by atoms with Gasteiger partial charge in [-0.2, -0.15) is 0 Å². The van der Waals surface area contributed by atoms with Crippen molar-refractivity contribution in [2.75, 3.05) is 0 Å². The second kappa shape index (κ2) is 35.3. The number of furan rings is 4. The molecule has 32 rings (SSSR count). The normalized spacial score (nSPS) is 11.8. The fraction of sp³-hybridized carbons (Fsp3) is 0. The largest absolute Gasteiger partial charge is 0.455 e. The summed E-state index contributed by atoms with van der Waals surface area (Å²) in [5.74, 6) is 0. The molecule has 0 fully saturated rings. The van der Waals surface area contributed by atoms with Gasteiger partial charge in [0.15, 0.2) is 0 Å². The lowest BCUT2D eigenvalue weighted by Gasteiger charge is -2.19. The van der Waals surface area contributed by atoms with Crippen LogP contribution in [0.15, 0.2) is 552 Å². The van der Waals surface area contributed by atoms with E-state index in [-0.39, 0.29) is 0 Å². The van der Waals surface area contributed by atoms with E-state index in [0.29, 0.717) is 0 Å². The second-order valence-corrected chi connectivity index (χ2v) is 38.6. The van der Waals surface area contributed by atoms with Crippen LogP contribution in [0.4, 0.5) is 0 Å². The molecule has 4 nitrogen and oxygen atoms in total. The molecule has 0 bridgehead atoms. The third-order valence-corrected chi connectivity index (χ3v) is 30.6. The molecule has 0 N–H and O–H groups in total. The first-order chi connectivity index (χ1) is 73.5. The molecule has 0 atom stereocenters. The summed E-state index contributed by atoms with van der Waals surface area (Å²) >= 11 is 0. The van der Waals surface area contributed by atoms with E-state index in [1.54, 1.807) is 0 Å². The maximum absolute atomic E-state index is 6.56. The Morgan fingerprint density at radius 1 is 0.0946 bits per heavy atom. The van der Waals surface area contributed by atoms with Gasteiger partial charge in [0.1, 0.15) is 44.7 Å². The van der Waals surface area contributed by atoms with Crippen molar-refractivity contribution in [3.63, 3.8) is 0 Å². The van der Waals surface area contributed by atoms with Crippen LogP contribution in [0.2, 0.25) is 0 Å². The summed E-state index contributed by atoms with van der Waals surface area (Å²) in [5, 5.41) is 39.2. The molecule has 28 aromatic carbocycles. The van der Waals surface area contributed by atoms with Crippen molar-refractivity contribution in [1.82, 2.24) is 0 Å². The zero-order valence-corrected chi connectivity index (χ0v) is 80.4. The molecule has 688 valence electrons. The van der Waals surface area contributed by atoms with Gasteiger partial charge in [0.2, 0.25) is 0 Å². The number of rotatable bonds is 8. The Labute approximate surface area is 851 Å². The quantitative estimate of drug-likeness (QED) is 0.112. The summed E-state index contributed by atoms with van der Waals surface area (Å²) in [7, 11) is 0. The van der Waals surface area contributed by atoms with Crippen molar-refractivity contribution in [2.45, 2.75) is 0 Å². The number of fused-ring (bicyclic) bond motifs is 25. The average molecular weight is 1880 g/mol. The molecular formula is C144H88O4. The minimum absolute atomic E-state index is 0.919. The topological polar surface area (TPSA) is 52.6 Å². The lowest BCUT2D eigenvalue weighted by Crippen LogP contribution is -1.92. The summed E-state index contributed by atoms with van der Waals surface area (Å²) in [4.78, 5) is 0. The van der Waals surface area contributed by atoms with Gasteiger partial charge in [-0.25, -0.2) is 0 Å². The number of hydrogen-bond acceptors (Lipinski definition) is 4. The SMILES string of the molecule is c1ccc(-c2c3ccccc3c(-c3cccc4c3oc3ccccc34)c3ccccc23)cc1.c1ccc2c(-c3c4ccccc4c(-c4cccc5c4oc4ccccc45)c4ccccc34)cccc2c1.c1ccc2c(c1)cc(-c1c3ccccc3c(-c3cccc4c3oc3ccccc34)c3ccccc13)c1ccccc12.c1ccc2cc(-c3c4ccccc4c(-c4cccc5c4oc4ccccc45)c4ccccc34)ccc2c1. The predicted molar refractivity (Wildman–Crippen MR) is 628 cm³/mol. The first kappa shape index (κ1) is 85.3. The molecule has 0 aliphatic heterocycles. The Morgan fingerprint density at radius 2 is 0.318 bits per heavy atom. The van der Waals surface area contributed by atoms with Crippen LogP contribution in [-0.4, -0.2) is 0 Å². The van der Waals surface area contributed by atoms with Gasteiger partial charge in [-0.3, -0.25) is 0 Å². The lowest BCUT2D eigenvalue weighted by atomic mass is 9.83. The fourth-order valence-corrected chi connectivity index (χ4v) is 24.3. The third-order valence-electron chi connectivity index (χ3n) is 30.6. The van der Waals surface area contributed by atoms with Crippen molar-refractivity contribution in [2.24, 2.45) is 0 Å². The lowest BCUT2D eigenvalue weighted by molar-refractivity contribution is 0.669. The third kappa shape index (κ3) is 13.8. The molecule has 0 aliphatic rings. The molecule has 4 heteroatoms. The van der Waals surface area contributed by atoms with Gasteiger partial charge in [0.25, 0.3) is 0 Å². The standard InChI is InChI=1S/C40H24O.2C36H22O.C32H20O/c1-2-13-26-25(12-1)24-36(28-15-4-3-14-27(26)28)39-32-19-7-5-17-30(32)38(31-18-6-8-20-33(31)39)35-22-11-21-34-29-16-9-10-23-37(29)41-40(34)35;1-2-13-24-23(11-1)12-9-19-26(24)34-27-15-3-5-17-29(27)35(30-18-6-4-16-28(30)34)32-21-10-20-31-25-14-7-8-22-33(25)37-36(31)32;1-2-11-24-22-25(21-20-23(24)10-1)34-27-13-3-5-15-29(27)35(30-16-6-4-14-28(30)34)32-18-9-17-31-26-12-7-8-19-33(26)37-36(31)32;1-2-11-21(12-3-1)30-23-14-4-6-16-25(23)31(26-17-7-5-15-24(26)30)28-19-10-18-27-22-13-8-9-20-29(22)33-32(27)28/h1-24H;2*1-22H;1-20H. The molecule has 0 radical (unpaired) electrons. The monoisotopic (exact) mass is 1880 g/mol. The van der Waals surface area contributed by atoms with Crippen molar-refractivity contribution in [3.05, 3.63) is 534 Å². The van der Waals surface area contributed by atoms with Crippen molar-refractivity contribution in [1.29, 1.82) is 0 Å². The molecule has 32 aromatic rings. The summed E-state index contributed by atoms with van der Waals surface area (Å²) < 4.78 is 26.0. The molecule has 4 heterocycles. The molecule has 0 amide bonds. The van der Waals surface area contributed by atoms with Crippen LogP contribution in [0.1, 0.15) is 0 Å². The number of para-hydroxylation sites is 8. The van der Waals surface area contributed by atoms with Crippen LogP contribution in [0, 0.1) is 0 Å². The second-order valence-electron chi connectivity index (χ2n) is 38.6. The summed E-state index contributed by atoms with van der Waals surface area (Å²) in [5.41, 5.74) is 27.0. The van der Waals surface area contributed by atoms with E-state index in [9.17, 15) is 0 Å². The summed E-state index contributed by atoms with van der Waals surface area (Å²) in [6.07, 6.45) is 0. The Bertz CT molecular complexity index is 10800. The van der Waals surface area contributed by atoms with Crippen LogP contribution >= 0.6 is 0 Å². The fourth-order valence-electron chi connectivity index (χ4n) is 24.3. The molecule has 0 saturated carbocycles. The molecule has 4 aromatic heterocycles. The summed E-state index contributed by atoms with van der Waals surface area (Å²) in [6, 6.07) is 191. The van der Waals surface area contributed by atoms with Crippen LogP contribution in [-0.2, 0) is 0 Å². The zero-order valence-electron chi connectivity index (χ0n) is 80.4. The first-order valence-corrected chi connectivity index (χ1v) is 50.8. The van der Waals surface area contributed by atoms with E-state index in [2.05, 4.69) is 504 Å². The Balaban J connectivity index is 0.0000000933. The zero-order chi connectivity index (χ0) is 97.4. The van der Waals surface area contributed by atoms with Crippen molar-refractivity contribution < 1.29 is 17.7 Å². The first-order valence-electron chi connectivity index (χ1n) is 50.8. The molecule has 148 heavy (non-hydrogen) atoms. The Hall–Kier alpha value is -19.5. The average Bonchev–Trinajstić information content (AvgIpc) is 1.16. The van der Waals surface area contributed by atoms with Crippen LogP contribution in [0.5, 0.6) is 0 Å². The summed E-state index contributed by atoms with van der Waals surface area (Å²) in [6.45, 7) is 0. The van der Waals surface area contributed by atoms with E-state index in [0.717, 1.165) is 110 Å². The van der Waals surface area contributed by atoms with Gasteiger partial charge in [0.05, 0.1) is 0 Å². The molecule has 0 unspecified atom stereocenters. The van der Waals surface area contributed by atoms with Gasteiger partial charge >= 0.3 is 0 Å². The highest BCUT2D eigenvalue weighted by Gasteiger charge is 2.28. The van der Waals surface area contributed by atoms with E-state index >= 15 is 0 Å². The van der Waals surface area contributed by atoms with Gasteiger partial charge < -0.3 is 17.7 Å². The van der Waals surface area contributed by atoms with Gasteiger partial charge in [-0.1, -0.05) is 497 Å². The minimum Gasteiger partial charge on any atom is -0.455 e. The van der Waals surface area contributed by atoms with Crippen LogP contribution < -0.4 is 0 Å². The van der Waals surface area contributed by atoms with Gasteiger partial charge in [-0.05, 0) is 210 Å². The maximum atomic E-state index is 6.56. The van der Waals surface area contributed by atoms with E-state index in [1.807, 2.05) is 30.3 Å².